The molecule has 3 heteroatoms. The molecule has 21 heavy (non-hydrogen) atoms. The van der Waals surface area contributed by atoms with Crippen molar-refractivity contribution in [2.45, 2.75) is 36.0 Å². The second-order valence-electron chi connectivity index (χ2n) is 5.44. The molecule has 0 saturated carbocycles. The average molecular weight is 362 g/mol. The SMILES string of the molecule is CCCNC1c2ccccc2CC1Sc1ccc(Br)cc1. The number of fused-ring (bicyclic) bond motifs is 1. The maximum absolute atomic E-state index is 3.74. The summed E-state index contributed by atoms with van der Waals surface area (Å²) in [6, 6.07) is 18.0. The van der Waals surface area contributed by atoms with E-state index in [1.54, 1.807) is 0 Å². The van der Waals surface area contributed by atoms with Gasteiger partial charge in [-0.15, -0.1) is 11.8 Å². The molecule has 1 aliphatic rings. The van der Waals surface area contributed by atoms with Crippen LogP contribution in [0.1, 0.15) is 30.5 Å². The van der Waals surface area contributed by atoms with Gasteiger partial charge in [-0.3, -0.25) is 0 Å². The molecule has 0 aromatic heterocycles. The van der Waals surface area contributed by atoms with Crippen LogP contribution in [0.25, 0.3) is 0 Å². The van der Waals surface area contributed by atoms with Crippen LogP contribution in [-0.4, -0.2) is 11.8 Å². The van der Waals surface area contributed by atoms with Crippen LogP contribution in [0.4, 0.5) is 0 Å². The topological polar surface area (TPSA) is 12.0 Å². The Morgan fingerprint density at radius 1 is 1.14 bits per heavy atom. The number of rotatable bonds is 5. The minimum atomic E-state index is 0.467. The van der Waals surface area contributed by atoms with Crippen molar-refractivity contribution in [1.82, 2.24) is 5.32 Å². The Balaban J connectivity index is 1.79. The highest BCUT2D eigenvalue weighted by Crippen LogP contribution is 2.41. The van der Waals surface area contributed by atoms with Crippen molar-refractivity contribution in [3.05, 3.63) is 64.1 Å². The molecule has 2 aromatic carbocycles. The molecule has 1 aliphatic carbocycles. The third-order valence-corrected chi connectivity index (χ3v) is 5.71. The van der Waals surface area contributed by atoms with Crippen LogP contribution in [0, 0.1) is 0 Å². The largest absolute Gasteiger partial charge is 0.309 e. The van der Waals surface area contributed by atoms with E-state index in [1.807, 2.05) is 11.8 Å². The zero-order valence-electron chi connectivity index (χ0n) is 12.2. The van der Waals surface area contributed by atoms with Crippen LogP contribution in [0.3, 0.4) is 0 Å². The van der Waals surface area contributed by atoms with Gasteiger partial charge < -0.3 is 5.32 Å². The number of hydrogen-bond donors (Lipinski definition) is 1. The average Bonchev–Trinajstić information content (AvgIpc) is 2.85. The summed E-state index contributed by atoms with van der Waals surface area (Å²) in [4.78, 5) is 1.35. The molecule has 0 saturated heterocycles. The van der Waals surface area contributed by atoms with Gasteiger partial charge in [0.15, 0.2) is 0 Å². The van der Waals surface area contributed by atoms with Crippen molar-refractivity contribution in [2.75, 3.05) is 6.54 Å². The Bertz CT molecular complexity index is 596. The summed E-state index contributed by atoms with van der Waals surface area (Å²) in [5, 5.41) is 4.32. The first kappa shape index (κ1) is 15.1. The van der Waals surface area contributed by atoms with Crippen molar-refractivity contribution in [3.8, 4) is 0 Å². The normalized spacial score (nSPS) is 20.5. The molecule has 0 heterocycles. The molecule has 0 aliphatic heterocycles. The molecule has 2 atom stereocenters. The zero-order valence-corrected chi connectivity index (χ0v) is 14.6. The second kappa shape index (κ2) is 6.99. The van der Waals surface area contributed by atoms with Gasteiger partial charge in [-0.1, -0.05) is 47.1 Å². The first-order valence-corrected chi connectivity index (χ1v) is 9.18. The van der Waals surface area contributed by atoms with Crippen LogP contribution in [0.5, 0.6) is 0 Å². The third-order valence-electron chi connectivity index (χ3n) is 3.90. The molecular formula is C18H20BrNS. The summed E-state index contributed by atoms with van der Waals surface area (Å²) in [7, 11) is 0. The number of nitrogens with one attached hydrogen (secondary N) is 1. The first-order chi connectivity index (χ1) is 10.3. The molecule has 0 bridgehead atoms. The van der Waals surface area contributed by atoms with E-state index in [2.05, 4.69) is 76.7 Å². The van der Waals surface area contributed by atoms with E-state index < -0.39 is 0 Å². The van der Waals surface area contributed by atoms with Gasteiger partial charge in [0.2, 0.25) is 0 Å². The van der Waals surface area contributed by atoms with Gasteiger partial charge >= 0.3 is 0 Å². The Hall–Kier alpha value is -0.770. The summed E-state index contributed by atoms with van der Waals surface area (Å²) in [5.41, 5.74) is 2.99. The fourth-order valence-electron chi connectivity index (χ4n) is 2.90. The zero-order chi connectivity index (χ0) is 14.7. The van der Waals surface area contributed by atoms with Gasteiger partial charge in [0.05, 0.1) is 0 Å². The summed E-state index contributed by atoms with van der Waals surface area (Å²) >= 11 is 5.50. The molecule has 0 fully saturated rings. The highest BCUT2D eigenvalue weighted by Gasteiger charge is 2.32. The molecular weight excluding hydrogens is 342 g/mol. The van der Waals surface area contributed by atoms with E-state index in [4.69, 9.17) is 0 Å². The first-order valence-electron chi connectivity index (χ1n) is 7.51. The van der Waals surface area contributed by atoms with Crippen LogP contribution < -0.4 is 5.32 Å². The molecule has 110 valence electrons. The lowest BCUT2D eigenvalue weighted by molar-refractivity contribution is 0.539. The Labute approximate surface area is 139 Å². The minimum absolute atomic E-state index is 0.467. The Kier molecular flexibility index (Phi) is 5.04. The fraction of sp³-hybridized carbons (Fsp3) is 0.333. The van der Waals surface area contributed by atoms with Gasteiger partial charge in [-0.05, 0) is 54.8 Å². The van der Waals surface area contributed by atoms with Crippen molar-refractivity contribution >= 4 is 27.7 Å². The van der Waals surface area contributed by atoms with Gasteiger partial charge in [-0.25, -0.2) is 0 Å². The number of halogens is 1. The van der Waals surface area contributed by atoms with E-state index >= 15 is 0 Å². The van der Waals surface area contributed by atoms with Gasteiger partial charge in [0, 0.05) is 20.7 Å². The quantitative estimate of drug-likeness (QED) is 0.784. The summed E-state index contributed by atoms with van der Waals surface area (Å²) < 4.78 is 1.14. The Morgan fingerprint density at radius 3 is 2.67 bits per heavy atom. The number of thioether (sulfide) groups is 1. The maximum atomic E-state index is 3.74. The van der Waals surface area contributed by atoms with Gasteiger partial charge in [0.25, 0.3) is 0 Å². The second-order valence-corrected chi connectivity index (χ2v) is 7.67. The van der Waals surface area contributed by atoms with Crippen LogP contribution in [0.2, 0.25) is 0 Å². The van der Waals surface area contributed by atoms with Crippen LogP contribution in [0.15, 0.2) is 57.9 Å². The number of benzene rings is 2. The van der Waals surface area contributed by atoms with Gasteiger partial charge in [-0.2, -0.15) is 0 Å². The van der Waals surface area contributed by atoms with Crippen molar-refractivity contribution in [1.29, 1.82) is 0 Å². The molecule has 0 spiro atoms. The molecule has 2 aromatic rings. The lowest BCUT2D eigenvalue weighted by Gasteiger charge is -2.21. The molecule has 1 nitrogen and oxygen atoms in total. The number of hydrogen-bond acceptors (Lipinski definition) is 2. The van der Waals surface area contributed by atoms with E-state index in [0.717, 1.165) is 17.4 Å². The molecule has 0 amide bonds. The van der Waals surface area contributed by atoms with E-state index in [9.17, 15) is 0 Å². The van der Waals surface area contributed by atoms with E-state index in [0.29, 0.717) is 11.3 Å². The van der Waals surface area contributed by atoms with Gasteiger partial charge in [0.1, 0.15) is 0 Å². The van der Waals surface area contributed by atoms with Crippen LogP contribution in [-0.2, 0) is 6.42 Å². The summed E-state index contributed by atoms with van der Waals surface area (Å²) in [6.45, 7) is 3.31. The lowest BCUT2D eigenvalue weighted by Crippen LogP contribution is -2.27. The molecule has 0 radical (unpaired) electrons. The molecule has 3 rings (SSSR count). The lowest BCUT2D eigenvalue weighted by atomic mass is 10.1. The van der Waals surface area contributed by atoms with Crippen molar-refractivity contribution in [2.24, 2.45) is 0 Å². The standard InChI is InChI=1S/C18H20BrNS/c1-2-11-20-18-16-6-4-3-5-13(16)12-17(18)21-15-9-7-14(19)8-10-15/h3-10,17-18,20H,2,11-12H2,1H3. The predicted molar refractivity (Wildman–Crippen MR) is 95.0 cm³/mol. The highest BCUT2D eigenvalue weighted by atomic mass is 79.9. The van der Waals surface area contributed by atoms with Crippen LogP contribution >= 0.6 is 27.7 Å². The monoisotopic (exact) mass is 361 g/mol. The molecule has 2 unspecified atom stereocenters. The maximum Gasteiger partial charge on any atom is 0.0450 e. The smallest absolute Gasteiger partial charge is 0.0450 e. The predicted octanol–water partition coefficient (Wildman–Crippen LogP) is 5.21. The Morgan fingerprint density at radius 2 is 1.90 bits per heavy atom. The van der Waals surface area contributed by atoms with Crippen molar-refractivity contribution in [3.63, 3.8) is 0 Å². The van der Waals surface area contributed by atoms with Crippen molar-refractivity contribution < 1.29 is 0 Å². The summed E-state index contributed by atoms with van der Waals surface area (Å²) in [5.74, 6) is 0. The molecule has 1 N–H and O–H groups in total. The highest BCUT2D eigenvalue weighted by molar-refractivity contribution is 9.10. The summed E-state index contributed by atoms with van der Waals surface area (Å²) in [6.07, 6.45) is 2.33. The van der Waals surface area contributed by atoms with E-state index in [-0.39, 0.29) is 0 Å². The minimum Gasteiger partial charge on any atom is -0.309 e. The fourth-order valence-corrected chi connectivity index (χ4v) is 4.45. The third kappa shape index (κ3) is 3.53. The van der Waals surface area contributed by atoms with E-state index in [1.165, 1.54) is 22.4 Å².